The van der Waals surface area contributed by atoms with Gasteiger partial charge in [0.25, 0.3) is 0 Å². The van der Waals surface area contributed by atoms with Gasteiger partial charge in [0.2, 0.25) is 5.91 Å². The van der Waals surface area contributed by atoms with Crippen LogP contribution in [0.2, 0.25) is 0 Å². The maximum Gasteiger partial charge on any atom is 0.405 e. The zero-order valence-electron chi connectivity index (χ0n) is 20.3. The van der Waals surface area contributed by atoms with Crippen LogP contribution in [0.15, 0.2) is 66.5 Å². The van der Waals surface area contributed by atoms with E-state index in [1.54, 1.807) is 13.0 Å². The topological polar surface area (TPSA) is 123 Å². The first-order valence-electron chi connectivity index (χ1n) is 11.5. The summed E-state index contributed by atoms with van der Waals surface area (Å²) in [5.74, 6) is -0.405. The van der Waals surface area contributed by atoms with Gasteiger partial charge in [0.05, 0.1) is 0 Å². The number of fused-ring (bicyclic) bond motifs is 1. The molecule has 3 aromatic rings. The Balaban J connectivity index is 1.66. The number of H-pyrrole nitrogens is 1. The minimum absolute atomic E-state index is 0.0170. The number of rotatable bonds is 11. The molecule has 2 amide bonds. The number of hydrogen-bond donors (Lipinski definition) is 5. The van der Waals surface area contributed by atoms with Gasteiger partial charge >= 0.3 is 6.09 Å². The van der Waals surface area contributed by atoms with Crippen LogP contribution < -0.4 is 16.0 Å². The van der Waals surface area contributed by atoms with Crippen molar-refractivity contribution in [3.63, 3.8) is 0 Å². The lowest BCUT2D eigenvalue weighted by Gasteiger charge is -2.28. The number of benzene rings is 2. The van der Waals surface area contributed by atoms with Crippen LogP contribution in [0.1, 0.15) is 37.5 Å². The molecule has 8 nitrogen and oxygen atoms in total. The Kier molecular flexibility index (Phi) is 8.30. The summed E-state index contributed by atoms with van der Waals surface area (Å²) in [6.45, 7) is 5.85. The van der Waals surface area contributed by atoms with E-state index >= 15 is 0 Å². The largest absolute Gasteiger partial charge is 0.465 e. The normalized spacial score (nSPS) is 13.2. The van der Waals surface area contributed by atoms with E-state index in [0.29, 0.717) is 19.5 Å². The minimum atomic E-state index is -1.34. The van der Waals surface area contributed by atoms with Crippen LogP contribution >= 0.6 is 0 Å². The molecule has 0 aliphatic carbocycles. The third-order valence-corrected chi connectivity index (χ3v) is 5.88. The van der Waals surface area contributed by atoms with Gasteiger partial charge in [-0.25, -0.2) is 4.79 Å². The van der Waals surface area contributed by atoms with Crippen molar-refractivity contribution in [1.82, 2.24) is 20.9 Å². The molecule has 0 fully saturated rings. The summed E-state index contributed by atoms with van der Waals surface area (Å²) in [7, 11) is 0. The maximum atomic E-state index is 13.2. The Labute approximate surface area is 204 Å². The second-order valence-electron chi connectivity index (χ2n) is 8.86. The van der Waals surface area contributed by atoms with E-state index in [4.69, 9.17) is 0 Å². The zero-order valence-corrected chi connectivity index (χ0v) is 20.3. The molecule has 8 heteroatoms. The summed E-state index contributed by atoms with van der Waals surface area (Å²) < 4.78 is 0. The van der Waals surface area contributed by atoms with Crippen LogP contribution in [-0.4, -0.2) is 40.0 Å². The first-order valence-corrected chi connectivity index (χ1v) is 11.5. The molecule has 3 rings (SSSR count). The van der Waals surface area contributed by atoms with Gasteiger partial charge < -0.3 is 26.0 Å². The van der Waals surface area contributed by atoms with E-state index < -0.39 is 11.6 Å². The molecule has 35 heavy (non-hydrogen) atoms. The molecule has 0 bridgehead atoms. The highest BCUT2D eigenvalue weighted by Crippen LogP contribution is 2.23. The van der Waals surface area contributed by atoms with Crippen molar-refractivity contribution in [1.29, 1.82) is 0 Å². The van der Waals surface area contributed by atoms with E-state index in [1.165, 1.54) is 6.92 Å². The van der Waals surface area contributed by atoms with Gasteiger partial charge in [0.1, 0.15) is 5.54 Å². The molecular formula is C27H32N4O4. The molecule has 1 unspecified atom stereocenters. The molecule has 0 aliphatic heterocycles. The molecule has 1 heterocycles. The molecule has 1 aromatic heterocycles. The van der Waals surface area contributed by atoms with Crippen molar-refractivity contribution < 1.29 is 19.5 Å². The van der Waals surface area contributed by atoms with Gasteiger partial charge in [-0.2, -0.15) is 0 Å². The lowest BCUT2D eigenvalue weighted by molar-refractivity contribution is -0.126. The monoisotopic (exact) mass is 476 g/mol. The number of hydrogen-bond acceptors (Lipinski definition) is 4. The molecule has 2 aromatic carbocycles. The minimum Gasteiger partial charge on any atom is -0.465 e. The molecule has 0 saturated heterocycles. The average molecular weight is 477 g/mol. The number of nitrogens with one attached hydrogen (secondary N) is 4. The van der Waals surface area contributed by atoms with E-state index in [-0.39, 0.29) is 18.1 Å². The number of allylic oxidation sites excluding steroid dienone is 2. The maximum absolute atomic E-state index is 13.2. The summed E-state index contributed by atoms with van der Waals surface area (Å²) in [4.78, 5) is 39.1. The number of aromatic amines is 1. The molecular weight excluding hydrogens is 444 g/mol. The Hall–Kier alpha value is -4.07. The van der Waals surface area contributed by atoms with Crippen molar-refractivity contribution in [2.45, 2.75) is 45.7 Å². The number of para-hydroxylation sites is 1. The van der Waals surface area contributed by atoms with Crippen LogP contribution in [0.25, 0.3) is 10.9 Å². The first kappa shape index (κ1) is 25.6. The van der Waals surface area contributed by atoms with Gasteiger partial charge in [-0.15, -0.1) is 0 Å². The molecule has 0 radical (unpaired) electrons. The van der Waals surface area contributed by atoms with Gasteiger partial charge in [-0.1, -0.05) is 42.5 Å². The fourth-order valence-electron chi connectivity index (χ4n) is 4.15. The van der Waals surface area contributed by atoms with Crippen LogP contribution in [0, 0.1) is 0 Å². The number of carbonyl (C=O) groups excluding carboxylic acids is 2. The third kappa shape index (κ3) is 6.96. The van der Waals surface area contributed by atoms with Crippen LogP contribution in [0.4, 0.5) is 4.79 Å². The van der Waals surface area contributed by atoms with E-state index in [9.17, 15) is 19.5 Å². The van der Waals surface area contributed by atoms with Gasteiger partial charge in [-0.3, -0.25) is 9.59 Å². The smallest absolute Gasteiger partial charge is 0.405 e. The lowest BCUT2D eigenvalue weighted by Crippen LogP contribution is -2.58. The number of carbonyl (C=O) groups is 3. The Morgan fingerprint density at radius 2 is 1.66 bits per heavy atom. The van der Waals surface area contributed by atoms with Crippen LogP contribution in [-0.2, 0) is 29.0 Å². The Morgan fingerprint density at radius 3 is 2.37 bits per heavy atom. The molecule has 184 valence electrons. The van der Waals surface area contributed by atoms with Crippen molar-refractivity contribution in [3.8, 4) is 0 Å². The Bertz CT molecular complexity index is 1250. The molecule has 0 spiro atoms. The molecule has 0 saturated carbocycles. The average Bonchev–Trinajstić information content (AvgIpc) is 3.20. The highest BCUT2D eigenvalue weighted by atomic mass is 16.4. The predicted octanol–water partition coefficient (Wildman–Crippen LogP) is 3.68. The number of ketones is 1. The SMILES string of the molecule is CC(=O)/C=C(\C)NCc1ccccc1CCNC(=O)C(C)(Cc1c[nH]c2ccccc12)NC(=O)O. The molecule has 1 atom stereocenters. The summed E-state index contributed by atoms with van der Waals surface area (Å²) in [6, 6.07) is 15.6. The second kappa shape index (κ2) is 11.4. The highest BCUT2D eigenvalue weighted by molar-refractivity contribution is 5.91. The van der Waals surface area contributed by atoms with Crippen molar-refractivity contribution in [2.75, 3.05) is 6.54 Å². The van der Waals surface area contributed by atoms with Crippen molar-refractivity contribution >= 4 is 28.7 Å². The van der Waals surface area contributed by atoms with Gasteiger partial charge in [0, 0.05) is 42.3 Å². The quantitative estimate of drug-likeness (QED) is 0.270. The van der Waals surface area contributed by atoms with Gasteiger partial charge in [-0.05, 0) is 56.0 Å². The van der Waals surface area contributed by atoms with Crippen LogP contribution in [0.5, 0.6) is 0 Å². The highest BCUT2D eigenvalue weighted by Gasteiger charge is 2.35. The summed E-state index contributed by atoms with van der Waals surface area (Å²) in [5, 5.41) is 18.9. The third-order valence-electron chi connectivity index (χ3n) is 5.88. The number of carboxylic acid groups (broad SMARTS) is 1. The summed E-state index contributed by atoms with van der Waals surface area (Å²) in [5.41, 5.74) is 3.35. The van der Waals surface area contributed by atoms with Crippen molar-refractivity contribution in [3.05, 3.63) is 83.2 Å². The van der Waals surface area contributed by atoms with Gasteiger partial charge in [0.15, 0.2) is 5.78 Å². The molecule has 5 N–H and O–H groups in total. The fraction of sp³-hybridized carbons (Fsp3) is 0.296. The van der Waals surface area contributed by atoms with E-state index in [1.807, 2.05) is 61.7 Å². The number of amides is 2. The van der Waals surface area contributed by atoms with E-state index in [2.05, 4.69) is 20.9 Å². The molecule has 0 aliphatic rings. The zero-order chi connectivity index (χ0) is 25.4. The number of aromatic nitrogens is 1. The predicted molar refractivity (Wildman–Crippen MR) is 136 cm³/mol. The van der Waals surface area contributed by atoms with E-state index in [0.717, 1.165) is 33.3 Å². The van der Waals surface area contributed by atoms with Crippen molar-refractivity contribution in [2.24, 2.45) is 0 Å². The first-order chi connectivity index (χ1) is 16.7. The van der Waals surface area contributed by atoms with Crippen LogP contribution in [0.3, 0.4) is 0 Å². The summed E-state index contributed by atoms with van der Waals surface area (Å²) in [6.07, 6.45) is 2.89. The lowest BCUT2D eigenvalue weighted by atomic mass is 9.91. The fourth-order valence-corrected chi connectivity index (χ4v) is 4.15. The Morgan fingerprint density at radius 1 is 0.971 bits per heavy atom. The second-order valence-corrected chi connectivity index (χ2v) is 8.86. The summed E-state index contributed by atoms with van der Waals surface area (Å²) >= 11 is 0. The standard InChI is InChI=1S/C27H32N4O4/c1-18(14-19(2)32)29-16-21-9-5-4-8-20(21)12-13-28-25(33)27(3,31-26(34)35)15-22-17-30-24-11-7-6-10-23(22)24/h4-11,14,17,29-31H,12-13,15-16H2,1-3H3,(H,28,33)(H,34,35)/b18-14+.